The fourth-order valence-electron chi connectivity index (χ4n) is 3.06. The lowest BCUT2D eigenvalue weighted by atomic mass is 10.0. The predicted molar refractivity (Wildman–Crippen MR) is 105 cm³/mol. The molecule has 2 aromatic carbocycles. The quantitative estimate of drug-likeness (QED) is 0.549. The molecule has 1 heterocycles. The van der Waals surface area contributed by atoms with Crippen molar-refractivity contribution in [1.82, 2.24) is 4.98 Å². The second-order valence-electron chi connectivity index (χ2n) is 6.56. The molecule has 0 spiro atoms. The van der Waals surface area contributed by atoms with E-state index in [4.69, 9.17) is 4.98 Å². The Morgan fingerprint density at radius 2 is 1.60 bits per heavy atom. The molecule has 3 aromatic rings. The summed E-state index contributed by atoms with van der Waals surface area (Å²) in [6.07, 6.45) is 2.51. The fourth-order valence-corrected chi connectivity index (χ4v) is 5.90. The molecule has 128 valence electrons. The molecule has 1 aromatic heterocycles. The summed E-state index contributed by atoms with van der Waals surface area (Å²) in [4.78, 5) is 6.02. The molecule has 0 saturated heterocycles. The summed E-state index contributed by atoms with van der Waals surface area (Å²) in [5, 5.41) is 1.12. The van der Waals surface area contributed by atoms with E-state index in [-0.39, 0.29) is 5.25 Å². The van der Waals surface area contributed by atoms with Crippen molar-refractivity contribution in [2.45, 2.75) is 36.7 Å². The monoisotopic (exact) mass is 367 g/mol. The van der Waals surface area contributed by atoms with Gasteiger partial charge in [-0.1, -0.05) is 60.7 Å². The van der Waals surface area contributed by atoms with Gasteiger partial charge in [-0.2, -0.15) is 0 Å². The van der Waals surface area contributed by atoms with Crippen LogP contribution in [-0.4, -0.2) is 9.54 Å². The zero-order chi connectivity index (χ0) is 17.2. The Kier molecular flexibility index (Phi) is 4.93. The van der Waals surface area contributed by atoms with Crippen molar-refractivity contribution in [3.8, 4) is 0 Å². The summed E-state index contributed by atoms with van der Waals surface area (Å²) in [5.41, 5.74) is 3.21. The molecule has 2 nitrogen and oxygen atoms in total. The van der Waals surface area contributed by atoms with Crippen LogP contribution in [0.3, 0.4) is 0 Å². The zero-order valence-electron chi connectivity index (χ0n) is 14.2. The maximum absolute atomic E-state index is 13.3. The van der Waals surface area contributed by atoms with Crippen LogP contribution in [0.15, 0.2) is 60.7 Å². The van der Waals surface area contributed by atoms with Crippen molar-refractivity contribution in [1.29, 1.82) is 0 Å². The molecule has 0 aliphatic heterocycles. The van der Waals surface area contributed by atoms with Crippen LogP contribution in [0.5, 0.6) is 0 Å². The number of aromatic nitrogens is 1. The zero-order valence-corrected chi connectivity index (χ0v) is 15.9. The predicted octanol–water partition coefficient (Wildman–Crippen LogP) is 5.37. The van der Waals surface area contributed by atoms with Gasteiger partial charge in [-0.3, -0.25) is 0 Å². The second-order valence-corrected chi connectivity index (χ2v) is 9.31. The topological polar surface area (TPSA) is 36.0 Å². The summed E-state index contributed by atoms with van der Waals surface area (Å²) >= 11 is 0.728. The first kappa shape index (κ1) is 16.8. The summed E-state index contributed by atoms with van der Waals surface area (Å²) in [7, 11) is 0. The van der Waals surface area contributed by atoms with Gasteiger partial charge in [0.2, 0.25) is 0 Å². The third-order valence-corrected chi connectivity index (χ3v) is 7.39. The average Bonchev–Trinajstić information content (AvgIpc) is 3.42. The summed E-state index contributed by atoms with van der Waals surface area (Å²) in [6, 6.07) is 20.3. The minimum Gasteiger partial charge on any atom is -0.615 e. The van der Waals surface area contributed by atoms with Crippen LogP contribution in [0.1, 0.15) is 50.7 Å². The van der Waals surface area contributed by atoms with Gasteiger partial charge in [-0.05, 0) is 30.9 Å². The summed E-state index contributed by atoms with van der Waals surface area (Å²) < 4.78 is 13.3. The summed E-state index contributed by atoms with van der Waals surface area (Å²) in [5.74, 6) is 1.17. The number of rotatable bonds is 6. The Balaban J connectivity index is 1.63. The number of hydrogen-bond acceptors (Lipinski definition) is 3. The molecule has 0 amide bonds. The highest BCUT2D eigenvalue weighted by Gasteiger charge is 2.31. The minimum atomic E-state index is -1.06. The van der Waals surface area contributed by atoms with Crippen LogP contribution < -0.4 is 0 Å². The first-order chi connectivity index (χ1) is 12.2. The lowest BCUT2D eigenvalue weighted by molar-refractivity contribution is 0.586. The third kappa shape index (κ3) is 3.81. The molecule has 0 bridgehead atoms. The Morgan fingerprint density at radius 1 is 1.04 bits per heavy atom. The third-order valence-electron chi connectivity index (χ3n) is 4.58. The molecular formula is C21H21NOS2. The van der Waals surface area contributed by atoms with Crippen LogP contribution in [0.4, 0.5) is 0 Å². The standard InChI is InChI=1S/C21H21NOS2/c1-15-19(22-21(24-15)18-12-13-18)14-25(23)20(16-8-4-2-5-9-16)17-10-6-3-7-11-17/h2-11,18,20H,12-14H2,1H3. The highest BCUT2D eigenvalue weighted by molar-refractivity contribution is 7.91. The maximum Gasteiger partial charge on any atom is 0.166 e. The van der Waals surface area contributed by atoms with E-state index in [0.717, 1.165) is 16.8 Å². The van der Waals surface area contributed by atoms with Gasteiger partial charge in [0.05, 0.1) is 5.01 Å². The minimum absolute atomic E-state index is 0.118. The van der Waals surface area contributed by atoms with Gasteiger partial charge in [0.15, 0.2) is 5.25 Å². The van der Waals surface area contributed by atoms with Gasteiger partial charge in [0.1, 0.15) is 11.4 Å². The van der Waals surface area contributed by atoms with E-state index in [1.54, 1.807) is 11.3 Å². The normalized spacial score (nSPS) is 15.5. The molecule has 1 unspecified atom stereocenters. The van der Waals surface area contributed by atoms with Gasteiger partial charge < -0.3 is 4.55 Å². The Labute approximate surface area is 156 Å². The van der Waals surface area contributed by atoms with Crippen molar-refractivity contribution in [2.24, 2.45) is 0 Å². The smallest absolute Gasteiger partial charge is 0.166 e. The lowest BCUT2D eigenvalue weighted by Gasteiger charge is -2.22. The highest BCUT2D eigenvalue weighted by Crippen LogP contribution is 2.43. The van der Waals surface area contributed by atoms with Crippen LogP contribution >= 0.6 is 11.3 Å². The van der Waals surface area contributed by atoms with Gasteiger partial charge >= 0.3 is 0 Å². The molecule has 1 atom stereocenters. The SMILES string of the molecule is Cc1sc(C2CC2)nc1C[S+]([O-])C(c1ccccc1)c1ccccc1. The largest absolute Gasteiger partial charge is 0.615 e. The van der Waals surface area contributed by atoms with Crippen molar-refractivity contribution < 1.29 is 4.55 Å². The summed E-state index contributed by atoms with van der Waals surface area (Å²) in [6.45, 7) is 2.11. The number of aryl methyl sites for hydroxylation is 1. The van der Waals surface area contributed by atoms with E-state index in [0.29, 0.717) is 11.7 Å². The van der Waals surface area contributed by atoms with E-state index < -0.39 is 11.2 Å². The van der Waals surface area contributed by atoms with E-state index >= 15 is 0 Å². The maximum atomic E-state index is 13.3. The van der Waals surface area contributed by atoms with Crippen molar-refractivity contribution in [3.63, 3.8) is 0 Å². The highest BCUT2D eigenvalue weighted by atomic mass is 32.2. The molecule has 1 aliphatic carbocycles. The lowest BCUT2D eigenvalue weighted by Crippen LogP contribution is -2.17. The van der Waals surface area contributed by atoms with Gasteiger partial charge in [0, 0.05) is 21.9 Å². The molecule has 1 aliphatic rings. The molecule has 1 fully saturated rings. The van der Waals surface area contributed by atoms with E-state index in [1.165, 1.54) is 22.7 Å². The molecule has 0 radical (unpaired) electrons. The Hall–Kier alpha value is -1.62. The van der Waals surface area contributed by atoms with Crippen LogP contribution in [0.25, 0.3) is 0 Å². The van der Waals surface area contributed by atoms with Crippen molar-refractivity contribution in [2.75, 3.05) is 0 Å². The molecular weight excluding hydrogens is 346 g/mol. The molecule has 4 heteroatoms. The Morgan fingerprint density at radius 3 is 2.12 bits per heavy atom. The number of thiazole rings is 1. The van der Waals surface area contributed by atoms with Crippen LogP contribution in [-0.2, 0) is 16.9 Å². The number of nitrogens with zero attached hydrogens (tertiary/aromatic N) is 1. The molecule has 4 rings (SSSR count). The average molecular weight is 368 g/mol. The van der Waals surface area contributed by atoms with Gasteiger partial charge in [-0.15, -0.1) is 11.3 Å². The molecule has 1 saturated carbocycles. The number of benzene rings is 2. The first-order valence-electron chi connectivity index (χ1n) is 8.65. The van der Waals surface area contributed by atoms with Crippen LogP contribution in [0, 0.1) is 6.92 Å². The van der Waals surface area contributed by atoms with Crippen molar-refractivity contribution >= 4 is 22.5 Å². The van der Waals surface area contributed by atoms with Crippen LogP contribution in [0.2, 0.25) is 0 Å². The van der Waals surface area contributed by atoms with Gasteiger partial charge in [-0.25, -0.2) is 4.98 Å². The van der Waals surface area contributed by atoms with Crippen molar-refractivity contribution in [3.05, 3.63) is 87.4 Å². The Bertz CT molecular complexity index is 788. The fraction of sp³-hybridized carbons (Fsp3) is 0.286. The van der Waals surface area contributed by atoms with E-state index in [2.05, 4.69) is 31.2 Å². The number of hydrogen-bond donors (Lipinski definition) is 0. The van der Waals surface area contributed by atoms with Gasteiger partial charge in [0.25, 0.3) is 0 Å². The van der Waals surface area contributed by atoms with E-state index in [9.17, 15) is 4.55 Å². The van der Waals surface area contributed by atoms with E-state index in [1.807, 2.05) is 36.4 Å². The molecule has 0 N–H and O–H groups in total. The second kappa shape index (κ2) is 7.32. The molecule has 25 heavy (non-hydrogen) atoms. The first-order valence-corrected chi connectivity index (χ1v) is 10.9.